The van der Waals surface area contributed by atoms with Gasteiger partial charge in [-0.15, -0.1) is 0 Å². The SMILES string of the molecule is COc1ccccc1-c1cccc(CN2CCCC2)c1-c1ccccc1OC. The molecule has 0 atom stereocenters. The molecule has 0 N–H and O–H groups in total. The van der Waals surface area contributed by atoms with Gasteiger partial charge in [0.2, 0.25) is 0 Å². The first kappa shape index (κ1) is 18.6. The summed E-state index contributed by atoms with van der Waals surface area (Å²) in [5.74, 6) is 1.78. The van der Waals surface area contributed by atoms with E-state index in [1.165, 1.54) is 42.6 Å². The Labute approximate surface area is 167 Å². The number of hydrogen-bond donors (Lipinski definition) is 0. The lowest BCUT2D eigenvalue weighted by Gasteiger charge is -2.22. The van der Waals surface area contributed by atoms with Crippen molar-refractivity contribution in [1.82, 2.24) is 4.90 Å². The number of ether oxygens (including phenoxy) is 2. The van der Waals surface area contributed by atoms with E-state index in [1.807, 2.05) is 24.3 Å². The van der Waals surface area contributed by atoms with Crippen LogP contribution in [0.2, 0.25) is 0 Å². The molecule has 0 amide bonds. The Hall–Kier alpha value is -2.78. The van der Waals surface area contributed by atoms with Gasteiger partial charge < -0.3 is 9.47 Å². The molecule has 1 aliphatic rings. The molecular weight excluding hydrogens is 346 g/mol. The molecule has 3 aromatic rings. The van der Waals surface area contributed by atoms with E-state index < -0.39 is 0 Å². The lowest BCUT2D eigenvalue weighted by Crippen LogP contribution is -2.19. The number of likely N-dealkylation sites (tertiary alicyclic amines) is 1. The highest BCUT2D eigenvalue weighted by atomic mass is 16.5. The second-order valence-electron chi connectivity index (χ2n) is 7.22. The summed E-state index contributed by atoms with van der Waals surface area (Å²) in [5, 5.41) is 0. The first-order valence-electron chi connectivity index (χ1n) is 9.93. The standard InChI is InChI=1S/C25H27NO2/c1-27-23-14-5-3-11-20(23)21-13-9-10-19(18-26-16-7-8-17-26)25(21)22-12-4-6-15-24(22)28-2/h3-6,9-15H,7-8,16-18H2,1-2H3. The molecule has 1 fully saturated rings. The molecule has 0 aliphatic carbocycles. The van der Waals surface area contributed by atoms with Crippen LogP contribution in [0.15, 0.2) is 66.7 Å². The zero-order valence-corrected chi connectivity index (χ0v) is 16.7. The van der Waals surface area contributed by atoms with Crippen molar-refractivity contribution in [3.05, 3.63) is 72.3 Å². The third-order valence-electron chi connectivity index (χ3n) is 5.52. The van der Waals surface area contributed by atoms with Gasteiger partial charge in [-0.2, -0.15) is 0 Å². The molecule has 1 heterocycles. The minimum absolute atomic E-state index is 0.886. The molecule has 3 nitrogen and oxygen atoms in total. The van der Waals surface area contributed by atoms with Crippen molar-refractivity contribution in [2.45, 2.75) is 19.4 Å². The van der Waals surface area contributed by atoms with Gasteiger partial charge in [-0.3, -0.25) is 4.90 Å². The molecule has 1 aliphatic heterocycles. The molecular formula is C25H27NO2. The lowest BCUT2D eigenvalue weighted by molar-refractivity contribution is 0.332. The average molecular weight is 373 g/mol. The predicted molar refractivity (Wildman–Crippen MR) is 115 cm³/mol. The fraction of sp³-hybridized carbons (Fsp3) is 0.280. The summed E-state index contributed by atoms with van der Waals surface area (Å²) in [6.45, 7) is 3.30. The zero-order valence-electron chi connectivity index (χ0n) is 16.7. The van der Waals surface area contributed by atoms with E-state index in [1.54, 1.807) is 14.2 Å². The van der Waals surface area contributed by atoms with Crippen LogP contribution in [0.1, 0.15) is 18.4 Å². The van der Waals surface area contributed by atoms with Crippen molar-refractivity contribution in [2.24, 2.45) is 0 Å². The zero-order chi connectivity index (χ0) is 19.3. The molecule has 0 aromatic heterocycles. The maximum Gasteiger partial charge on any atom is 0.126 e. The summed E-state index contributed by atoms with van der Waals surface area (Å²) in [7, 11) is 3.47. The quantitative estimate of drug-likeness (QED) is 0.559. The van der Waals surface area contributed by atoms with Gasteiger partial charge in [0.05, 0.1) is 14.2 Å². The summed E-state index contributed by atoms with van der Waals surface area (Å²) < 4.78 is 11.4. The van der Waals surface area contributed by atoms with Gasteiger partial charge in [-0.05, 0) is 54.8 Å². The van der Waals surface area contributed by atoms with Crippen molar-refractivity contribution >= 4 is 0 Å². The number of benzene rings is 3. The van der Waals surface area contributed by atoms with Crippen LogP contribution < -0.4 is 9.47 Å². The van der Waals surface area contributed by atoms with E-state index in [-0.39, 0.29) is 0 Å². The predicted octanol–water partition coefficient (Wildman–Crippen LogP) is 5.63. The Morgan fingerprint density at radius 3 is 1.93 bits per heavy atom. The third kappa shape index (κ3) is 3.63. The van der Waals surface area contributed by atoms with E-state index in [4.69, 9.17) is 9.47 Å². The van der Waals surface area contributed by atoms with Crippen LogP contribution in [0.3, 0.4) is 0 Å². The molecule has 1 saturated heterocycles. The largest absolute Gasteiger partial charge is 0.496 e. The van der Waals surface area contributed by atoms with E-state index in [9.17, 15) is 0 Å². The van der Waals surface area contributed by atoms with Gasteiger partial charge in [0.15, 0.2) is 0 Å². The molecule has 28 heavy (non-hydrogen) atoms. The van der Waals surface area contributed by atoms with Crippen LogP contribution in [0.5, 0.6) is 11.5 Å². The highest BCUT2D eigenvalue weighted by Crippen LogP contribution is 2.42. The Morgan fingerprint density at radius 1 is 0.679 bits per heavy atom. The van der Waals surface area contributed by atoms with Crippen molar-refractivity contribution < 1.29 is 9.47 Å². The summed E-state index contributed by atoms with van der Waals surface area (Å²) >= 11 is 0. The lowest BCUT2D eigenvalue weighted by atomic mass is 9.89. The minimum Gasteiger partial charge on any atom is -0.496 e. The molecule has 0 saturated carbocycles. The monoisotopic (exact) mass is 373 g/mol. The number of hydrogen-bond acceptors (Lipinski definition) is 3. The van der Waals surface area contributed by atoms with Crippen molar-refractivity contribution in [2.75, 3.05) is 27.3 Å². The summed E-state index contributed by atoms with van der Waals surface area (Å²) in [6, 6.07) is 23.1. The maximum absolute atomic E-state index is 5.73. The van der Waals surface area contributed by atoms with Gasteiger partial charge in [0, 0.05) is 17.7 Å². The van der Waals surface area contributed by atoms with Gasteiger partial charge in [-0.25, -0.2) is 0 Å². The Morgan fingerprint density at radius 2 is 1.25 bits per heavy atom. The minimum atomic E-state index is 0.886. The maximum atomic E-state index is 5.73. The molecule has 144 valence electrons. The van der Waals surface area contributed by atoms with Crippen LogP contribution in [-0.2, 0) is 6.54 Å². The fourth-order valence-electron chi connectivity index (χ4n) is 4.17. The van der Waals surface area contributed by atoms with Crippen LogP contribution >= 0.6 is 0 Å². The first-order valence-corrected chi connectivity index (χ1v) is 9.93. The topological polar surface area (TPSA) is 21.7 Å². The second kappa shape index (κ2) is 8.49. The van der Waals surface area contributed by atoms with Crippen LogP contribution in [0.25, 0.3) is 22.3 Å². The van der Waals surface area contributed by atoms with E-state index in [2.05, 4.69) is 47.4 Å². The number of rotatable bonds is 6. The molecule has 3 aromatic carbocycles. The van der Waals surface area contributed by atoms with Crippen molar-refractivity contribution in [3.8, 4) is 33.8 Å². The first-order chi connectivity index (χ1) is 13.8. The number of nitrogens with zero attached hydrogens (tertiary/aromatic N) is 1. The molecule has 0 radical (unpaired) electrons. The summed E-state index contributed by atoms with van der Waals surface area (Å²) in [6.07, 6.45) is 2.58. The van der Waals surface area contributed by atoms with E-state index in [0.717, 1.165) is 29.2 Å². The fourth-order valence-corrected chi connectivity index (χ4v) is 4.17. The van der Waals surface area contributed by atoms with Crippen LogP contribution in [-0.4, -0.2) is 32.2 Å². The van der Waals surface area contributed by atoms with E-state index >= 15 is 0 Å². The van der Waals surface area contributed by atoms with Gasteiger partial charge >= 0.3 is 0 Å². The normalized spacial score (nSPS) is 14.2. The van der Waals surface area contributed by atoms with Crippen molar-refractivity contribution in [1.29, 1.82) is 0 Å². The highest BCUT2D eigenvalue weighted by molar-refractivity contribution is 5.90. The van der Waals surface area contributed by atoms with Gasteiger partial charge in [0.1, 0.15) is 11.5 Å². The highest BCUT2D eigenvalue weighted by Gasteiger charge is 2.20. The Bertz CT molecular complexity index is 945. The van der Waals surface area contributed by atoms with Crippen molar-refractivity contribution in [3.63, 3.8) is 0 Å². The third-order valence-corrected chi connectivity index (χ3v) is 5.52. The number of methoxy groups -OCH3 is 2. The smallest absolute Gasteiger partial charge is 0.126 e. The molecule has 4 rings (SSSR count). The number of para-hydroxylation sites is 2. The molecule has 0 spiro atoms. The van der Waals surface area contributed by atoms with Gasteiger partial charge in [-0.1, -0.05) is 54.6 Å². The van der Waals surface area contributed by atoms with E-state index in [0.29, 0.717) is 0 Å². The second-order valence-corrected chi connectivity index (χ2v) is 7.22. The Kier molecular flexibility index (Phi) is 5.63. The van der Waals surface area contributed by atoms with Crippen LogP contribution in [0.4, 0.5) is 0 Å². The average Bonchev–Trinajstić information content (AvgIpc) is 3.26. The Balaban J connectivity index is 1.93. The summed E-state index contributed by atoms with van der Waals surface area (Å²) in [4.78, 5) is 2.54. The molecule has 0 bridgehead atoms. The summed E-state index contributed by atoms with van der Waals surface area (Å²) in [5.41, 5.74) is 5.97. The molecule has 0 unspecified atom stereocenters. The molecule has 3 heteroatoms. The van der Waals surface area contributed by atoms with Crippen LogP contribution in [0, 0.1) is 0 Å². The van der Waals surface area contributed by atoms with Gasteiger partial charge in [0.25, 0.3) is 0 Å².